The molecule has 4 atom stereocenters. The quantitative estimate of drug-likeness (QED) is 0.700. The summed E-state index contributed by atoms with van der Waals surface area (Å²) in [5.41, 5.74) is 0.900. The lowest BCUT2D eigenvalue weighted by Gasteiger charge is -2.25. The second-order valence-corrected chi connectivity index (χ2v) is 9.39. The van der Waals surface area contributed by atoms with Crippen molar-refractivity contribution in [3.63, 3.8) is 0 Å². The molecule has 2 aromatic rings. The van der Waals surface area contributed by atoms with Crippen LogP contribution in [-0.4, -0.2) is 49.9 Å². The maximum Gasteiger partial charge on any atom is 0.168 e. The number of fused-ring (bicyclic) bond motifs is 1. The highest BCUT2D eigenvalue weighted by atomic mass is 32.1. The molecule has 0 saturated heterocycles. The minimum absolute atomic E-state index is 0.0236. The first-order valence-electron chi connectivity index (χ1n) is 10.4. The van der Waals surface area contributed by atoms with Gasteiger partial charge in [0.25, 0.3) is 0 Å². The summed E-state index contributed by atoms with van der Waals surface area (Å²) in [6.07, 6.45) is 2.46. The molecule has 162 valence electrons. The van der Waals surface area contributed by atoms with Gasteiger partial charge in [-0.25, -0.2) is 0 Å². The number of thiophene rings is 1. The van der Waals surface area contributed by atoms with Crippen LogP contribution in [0.3, 0.4) is 0 Å². The molecule has 7 heteroatoms. The van der Waals surface area contributed by atoms with Crippen molar-refractivity contribution in [1.29, 1.82) is 0 Å². The average molecular weight is 432 g/mol. The summed E-state index contributed by atoms with van der Waals surface area (Å²) in [5, 5.41) is 14.2. The second-order valence-electron chi connectivity index (χ2n) is 8.05. The van der Waals surface area contributed by atoms with E-state index in [0.717, 1.165) is 31.2 Å². The largest absolute Gasteiger partial charge is 0.493 e. The molecule has 0 radical (unpaired) electrons. The predicted octanol–water partition coefficient (Wildman–Crippen LogP) is 3.38. The topological polar surface area (TPSA) is 77.0 Å². The van der Waals surface area contributed by atoms with Crippen LogP contribution in [0.1, 0.15) is 39.4 Å². The van der Waals surface area contributed by atoms with Gasteiger partial charge in [-0.2, -0.15) is 0 Å². The van der Waals surface area contributed by atoms with Gasteiger partial charge in [0.05, 0.1) is 14.2 Å². The van der Waals surface area contributed by atoms with Crippen molar-refractivity contribution < 1.29 is 24.1 Å². The van der Waals surface area contributed by atoms with E-state index in [1.54, 1.807) is 37.7 Å². The molecule has 1 aromatic carbocycles. The van der Waals surface area contributed by atoms with Crippen molar-refractivity contribution >= 4 is 17.1 Å². The normalized spacial score (nSPS) is 25.8. The van der Waals surface area contributed by atoms with E-state index < -0.39 is 6.10 Å². The van der Waals surface area contributed by atoms with Gasteiger partial charge in [-0.05, 0) is 50.8 Å². The third kappa shape index (κ3) is 4.19. The number of ether oxygens (including phenoxy) is 3. The summed E-state index contributed by atoms with van der Waals surface area (Å²) in [7, 11) is 3.17. The Balaban J connectivity index is 1.33. The minimum atomic E-state index is -0.629. The number of carbonyl (C=O) groups excluding carboxylic acids is 1. The van der Waals surface area contributed by atoms with Crippen LogP contribution in [0.25, 0.3) is 0 Å². The van der Waals surface area contributed by atoms with Crippen molar-refractivity contribution in [1.82, 2.24) is 5.32 Å². The average Bonchev–Trinajstić information content (AvgIpc) is 3.30. The maximum atomic E-state index is 12.8. The molecule has 0 aliphatic heterocycles. The van der Waals surface area contributed by atoms with E-state index in [-0.39, 0.29) is 23.8 Å². The fraction of sp³-hybridized carbons (Fsp3) is 0.522. The molecular formula is C23H29NO5S. The van der Waals surface area contributed by atoms with Crippen molar-refractivity contribution in [2.75, 3.05) is 20.8 Å². The Morgan fingerprint density at radius 2 is 1.93 bits per heavy atom. The molecule has 0 spiro atoms. The van der Waals surface area contributed by atoms with E-state index in [2.05, 4.69) is 12.2 Å². The van der Waals surface area contributed by atoms with E-state index in [1.807, 2.05) is 12.1 Å². The summed E-state index contributed by atoms with van der Waals surface area (Å²) < 4.78 is 16.6. The highest BCUT2D eigenvalue weighted by Gasteiger charge is 2.37. The molecule has 2 aliphatic rings. The second kappa shape index (κ2) is 8.96. The van der Waals surface area contributed by atoms with E-state index in [4.69, 9.17) is 14.2 Å². The number of Topliss-reactive ketones (excluding diaryl/α,β-unsaturated/α-hetero) is 1. The predicted molar refractivity (Wildman–Crippen MR) is 116 cm³/mol. The van der Waals surface area contributed by atoms with E-state index in [0.29, 0.717) is 23.8 Å². The number of aliphatic hydroxyl groups excluding tert-OH is 1. The number of benzene rings is 1. The molecular weight excluding hydrogens is 402 g/mol. The van der Waals surface area contributed by atoms with Gasteiger partial charge in [0.1, 0.15) is 18.0 Å². The minimum Gasteiger partial charge on any atom is -0.493 e. The summed E-state index contributed by atoms with van der Waals surface area (Å²) in [4.78, 5) is 15.2. The zero-order valence-corrected chi connectivity index (χ0v) is 18.5. The maximum absolute atomic E-state index is 12.8. The lowest BCUT2D eigenvalue weighted by Crippen LogP contribution is -2.44. The van der Waals surface area contributed by atoms with Gasteiger partial charge in [0.2, 0.25) is 0 Å². The molecule has 1 heterocycles. The number of aryl methyl sites for hydroxylation is 2. The molecule has 6 nitrogen and oxygen atoms in total. The van der Waals surface area contributed by atoms with Crippen molar-refractivity contribution in [3.05, 3.63) is 39.6 Å². The van der Waals surface area contributed by atoms with Gasteiger partial charge in [0.15, 0.2) is 17.3 Å². The summed E-state index contributed by atoms with van der Waals surface area (Å²) in [6, 6.07) is 7.32. The third-order valence-corrected chi connectivity index (χ3v) is 7.22. The molecule has 4 unspecified atom stereocenters. The Kier molecular flexibility index (Phi) is 6.32. The van der Waals surface area contributed by atoms with E-state index in [1.165, 1.54) is 9.75 Å². The Morgan fingerprint density at radius 1 is 1.13 bits per heavy atom. The van der Waals surface area contributed by atoms with Gasteiger partial charge in [-0.1, -0.05) is 0 Å². The smallest absolute Gasteiger partial charge is 0.168 e. The first-order chi connectivity index (χ1) is 14.5. The number of nitrogens with one attached hydrogen (secondary N) is 1. The monoisotopic (exact) mass is 431 g/mol. The number of aliphatic hydroxyl groups is 1. The lowest BCUT2D eigenvalue weighted by atomic mass is 9.87. The molecule has 0 bridgehead atoms. The lowest BCUT2D eigenvalue weighted by molar-refractivity contribution is 0.0440. The van der Waals surface area contributed by atoms with Gasteiger partial charge in [0, 0.05) is 39.9 Å². The van der Waals surface area contributed by atoms with Gasteiger partial charge in [-0.3, -0.25) is 4.79 Å². The van der Waals surface area contributed by atoms with Crippen LogP contribution >= 0.6 is 11.3 Å². The number of carbonyl (C=O) groups is 1. The number of hydrogen-bond donors (Lipinski definition) is 2. The molecule has 2 N–H and O–H groups in total. The highest BCUT2D eigenvalue weighted by molar-refractivity contribution is 7.12. The van der Waals surface area contributed by atoms with Crippen LogP contribution in [0.2, 0.25) is 0 Å². The fourth-order valence-electron chi connectivity index (χ4n) is 4.46. The summed E-state index contributed by atoms with van der Waals surface area (Å²) in [5.74, 6) is 2.08. The Morgan fingerprint density at radius 3 is 2.70 bits per heavy atom. The van der Waals surface area contributed by atoms with Crippen LogP contribution in [0, 0.1) is 12.8 Å². The zero-order chi connectivity index (χ0) is 21.3. The molecule has 4 rings (SSSR count). The molecule has 30 heavy (non-hydrogen) atoms. The Labute approximate surface area is 181 Å². The number of hydrogen-bond acceptors (Lipinski definition) is 7. The third-order valence-electron chi connectivity index (χ3n) is 6.11. The number of rotatable bonds is 7. The van der Waals surface area contributed by atoms with Crippen LogP contribution in [0.4, 0.5) is 0 Å². The zero-order valence-electron chi connectivity index (χ0n) is 17.6. The number of methoxy groups -OCH3 is 2. The first-order valence-corrected chi connectivity index (χ1v) is 11.3. The van der Waals surface area contributed by atoms with Gasteiger partial charge >= 0.3 is 0 Å². The van der Waals surface area contributed by atoms with Gasteiger partial charge < -0.3 is 24.6 Å². The molecule has 2 aliphatic carbocycles. The Hall–Kier alpha value is -2.09. The molecule has 1 fully saturated rings. The standard InChI is InChI=1S/C23H29NO5S/c1-13-10-16-21(30-13)9-4-14(22(16)25)12-24-17-6-8-19(23(17)26)29-15-5-7-18(27-2)20(11-15)28-3/h5,7,10-11,14,17,19,23-24,26H,4,6,8-9,12H2,1-3H3. The van der Waals surface area contributed by atoms with Crippen molar-refractivity contribution in [3.8, 4) is 17.2 Å². The SMILES string of the molecule is COc1ccc(OC2CCC(NCC3CCc4sc(C)cc4C3=O)C2O)cc1OC. The summed E-state index contributed by atoms with van der Waals surface area (Å²) >= 11 is 1.73. The molecule has 1 saturated carbocycles. The van der Waals surface area contributed by atoms with E-state index >= 15 is 0 Å². The first kappa shape index (κ1) is 21.2. The van der Waals surface area contributed by atoms with E-state index in [9.17, 15) is 9.90 Å². The van der Waals surface area contributed by atoms with Crippen molar-refractivity contribution in [2.24, 2.45) is 5.92 Å². The van der Waals surface area contributed by atoms with Gasteiger partial charge in [-0.15, -0.1) is 11.3 Å². The highest BCUT2D eigenvalue weighted by Crippen LogP contribution is 2.34. The van der Waals surface area contributed by atoms with Crippen LogP contribution < -0.4 is 19.5 Å². The van der Waals surface area contributed by atoms with Crippen molar-refractivity contribution in [2.45, 2.75) is 50.9 Å². The van der Waals surface area contributed by atoms with Crippen LogP contribution in [0.15, 0.2) is 24.3 Å². The van der Waals surface area contributed by atoms with Crippen LogP contribution in [-0.2, 0) is 6.42 Å². The molecule has 1 aromatic heterocycles. The fourth-order valence-corrected chi connectivity index (χ4v) is 5.52. The molecule has 0 amide bonds. The summed E-state index contributed by atoms with van der Waals surface area (Å²) in [6.45, 7) is 2.65. The number of ketones is 1. The Bertz CT molecular complexity index is 911. The van der Waals surface area contributed by atoms with Crippen LogP contribution in [0.5, 0.6) is 17.2 Å².